The molecule has 1 amide bonds. The predicted molar refractivity (Wildman–Crippen MR) is 99.2 cm³/mol. The third-order valence-electron chi connectivity index (χ3n) is 4.64. The molecule has 0 heterocycles. The fourth-order valence-electron chi connectivity index (χ4n) is 3.16. The van der Waals surface area contributed by atoms with E-state index in [4.69, 9.17) is 9.47 Å². The van der Waals surface area contributed by atoms with Crippen LogP contribution in [-0.2, 0) is 14.3 Å². The van der Waals surface area contributed by atoms with Crippen LogP contribution >= 0.6 is 0 Å². The molecule has 8 heteroatoms. The van der Waals surface area contributed by atoms with Gasteiger partial charge in [0.15, 0.2) is 18.1 Å². The summed E-state index contributed by atoms with van der Waals surface area (Å²) in [4.78, 5) is 23.8. The number of ether oxygens (including phenoxy) is 3. The molecule has 28 heavy (non-hydrogen) atoms. The van der Waals surface area contributed by atoms with Crippen LogP contribution in [0.25, 0.3) is 6.08 Å². The van der Waals surface area contributed by atoms with Crippen LogP contribution in [0, 0.1) is 5.92 Å². The molecule has 0 aromatic heterocycles. The van der Waals surface area contributed by atoms with Gasteiger partial charge in [0, 0.05) is 17.7 Å². The number of hydrogen-bond donors (Lipinski definition) is 1. The zero-order chi connectivity index (χ0) is 20.5. The van der Waals surface area contributed by atoms with Gasteiger partial charge >= 0.3 is 12.6 Å². The molecule has 0 spiro atoms. The van der Waals surface area contributed by atoms with Crippen molar-refractivity contribution < 1.29 is 32.6 Å². The first-order valence-electron chi connectivity index (χ1n) is 9.16. The van der Waals surface area contributed by atoms with Gasteiger partial charge in [0.25, 0.3) is 5.91 Å². The average Bonchev–Trinajstić information content (AvgIpc) is 2.67. The first kappa shape index (κ1) is 21.7. The van der Waals surface area contributed by atoms with Crippen LogP contribution in [0.5, 0.6) is 11.5 Å². The van der Waals surface area contributed by atoms with E-state index in [1.807, 2.05) is 0 Å². The van der Waals surface area contributed by atoms with Crippen LogP contribution in [0.15, 0.2) is 24.3 Å². The minimum atomic E-state index is -3.04. The Morgan fingerprint density at radius 3 is 2.71 bits per heavy atom. The summed E-state index contributed by atoms with van der Waals surface area (Å²) in [5, 5.41) is 2.88. The van der Waals surface area contributed by atoms with Crippen molar-refractivity contribution in [1.29, 1.82) is 0 Å². The number of nitrogens with one attached hydrogen (secondary N) is 1. The zero-order valence-corrected chi connectivity index (χ0v) is 16.0. The van der Waals surface area contributed by atoms with Crippen molar-refractivity contribution in [3.8, 4) is 11.5 Å². The molecule has 1 fully saturated rings. The van der Waals surface area contributed by atoms with Crippen molar-refractivity contribution in [2.24, 2.45) is 5.92 Å². The number of rotatable bonds is 8. The molecule has 2 rings (SSSR count). The van der Waals surface area contributed by atoms with E-state index >= 15 is 0 Å². The van der Waals surface area contributed by atoms with Crippen LogP contribution < -0.4 is 14.8 Å². The van der Waals surface area contributed by atoms with Gasteiger partial charge in [-0.05, 0) is 30.9 Å². The molecule has 1 N–H and O–H groups in total. The topological polar surface area (TPSA) is 73.9 Å². The van der Waals surface area contributed by atoms with Crippen LogP contribution in [0.3, 0.4) is 0 Å². The number of halogens is 2. The second kappa shape index (κ2) is 10.6. The Bertz CT molecular complexity index is 708. The number of carbonyl (C=O) groups excluding carboxylic acids is 2. The van der Waals surface area contributed by atoms with E-state index in [0.29, 0.717) is 5.92 Å². The number of methoxy groups -OCH3 is 1. The maximum atomic E-state index is 12.6. The quantitative estimate of drug-likeness (QED) is 0.536. The molecule has 0 radical (unpaired) electrons. The van der Waals surface area contributed by atoms with Gasteiger partial charge in [-0.1, -0.05) is 31.9 Å². The van der Waals surface area contributed by atoms with Gasteiger partial charge in [-0.25, -0.2) is 4.79 Å². The number of esters is 1. The molecular formula is C20H25F2NO5. The number of benzene rings is 1. The van der Waals surface area contributed by atoms with Gasteiger partial charge in [0.05, 0.1) is 7.11 Å². The maximum Gasteiger partial charge on any atom is 0.387 e. The molecule has 6 nitrogen and oxygen atoms in total. The second-order valence-electron chi connectivity index (χ2n) is 6.63. The minimum absolute atomic E-state index is 0.0985. The molecule has 1 saturated carbocycles. The number of hydrogen-bond acceptors (Lipinski definition) is 5. The largest absolute Gasteiger partial charge is 0.493 e. The molecule has 0 aliphatic heterocycles. The van der Waals surface area contributed by atoms with E-state index in [2.05, 4.69) is 17.0 Å². The molecule has 2 atom stereocenters. The van der Waals surface area contributed by atoms with E-state index < -0.39 is 19.2 Å². The molecule has 1 aliphatic rings. The monoisotopic (exact) mass is 397 g/mol. The van der Waals surface area contributed by atoms with Gasteiger partial charge in [-0.3, -0.25) is 4.79 Å². The van der Waals surface area contributed by atoms with Gasteiger partial charge in [0.1, 0.15) is 0 Å². The fraction of sp³-hybridized carbons (Fsp3) is 0.500. The lowest BCUT2D eigenvalue weighted by molar-refractivity contribution is -0.144. The van der Waals surface area contributed by atoms with Crippen molar-refractivity contribution in [3.63, 3.8) is 0 Å². The van der Waals surface area contributed by atoms with Crippen molar-refractivity contribution in [2.75, 3.05) is 13.7 Å². The van der Waals surface area contributed by atoms with Crippen LogP contribution in [0.4, 0.5) is 8.78 Å². The van der Waals surface area contributed by atoms with Crippen molar-refractivity contribution in [1.82, 2.24) is 5.32 Å². The summed E-state index contributed by atoms with van der Waals surface area (Å²) < 4.78 is 39.6. The number of alkyl halides is 2. The third-order valence-corrected chi connectivity index (χ3v) is 4.64. The molecule has 1 aromatic carbocycles. The van der Waals surface area contributed by atoms with Gasteiger partial charge in [-0.2, -0.15) is 8.78 Å². The van der Waals surface area contributed by atoms with Gasteiger partial charge < -0.3 is 19.5 Å². The molecule has 1 aliphatic carbocycles. The number of amides is 1. The zero-order valence-electron chi connectivity index (χ0n) is 16.0. The highest BCUT2D eigenvalue weighted by Crippen LogP contribution is 2.33. The highest BCUT2D eigenvalue weighted by atomic mass is 19.3. The summed E-state index contributed by atoms with van der Waals surface area (Å²) in [6.07, 6.45) is 6.53. The number of para-hydroxylation sites is 1. The van der Waals surface area contributed by atoms with Crippen molar-refractivity contribution in [2.45, 2.75) is 45.3 Å². The van der Waals surface area contributed by atoms with Gasteiger partial charge in [-0.15, -0.1) is 0 Å². The smallest absolute Gasteiger partial charge is 0.387 e. The molecular weight excluding hydrogens is 372 g/mol. The SMILES string of the molecule is COc1cccc(/C=C/C(=O)OCC(=O)N[C@H]2CCCC[C@@H]2C)c1OC(F)F. The maximum absolute atomic E-state index is 12.6. The van der Waals surface area contributed by atoms with Gasteiger partial charge in [0.2, 0.25) is 0 Å². The van der Waals surface area contributed by atoms with E-state index in [-0.39, 0.29) is 29.0 Å². The first-order valence-corrected chi connectivity index (χ1v) is 9.16. The lowest BCUT2D eigenvalue weighted by Crippen LogP contribution is -2.42. The highest BCUT2D eigenvalue weighted by Gasteiger charge is 2.23. The standard InChI is InChI=1S/C20H25F2NO5/c1-13-6-3-4-8-15(13)23-17(24)12-27-18(25)11-10-14-7-5-9-16(26-2)19(14)28-20(21)22/h5,7,9-11,13,15,20H,3-4,6,8,12H2,1-2H3,(H,23,24)/b11-10+/t13-,15-/m0/s1. The summed E-state index contributed by atoms with van der Waals surface area (Å²) in [6.45, 7) is -1.35. The Morgan fingerprint density at radius 1 is 1.29 bits per heavy atom. The lowest BCUT2D eigenvalue weighted by Gasteiger charge is -2.29. The Labute approximate surface area is 162 Å². The molecule has 1 aromatic rings. The first-order chi connectivity index (χ1) is 13.4. The average molecular weight is 397 g/mol. The lowest BCUT2D eigenvalue weighted by atomic mass is 9.86. The summed E-state index contributed by atoms with van der Waals surface area (Å²) in [5.41, 5.74) is 0.220. The predicted octanol–water partition coefficient (Wildman–Crippen LogP) is 3.55. The normalized spacial score (nSPS) is 19.5. The van der Waals surface area contributed by atoms with E-state index in [1.54, 1.807) is 6.07 Å². The van der Waals surface area contributed by atoms with Crippen molar-refractivity contribution in [3.05, 3.63) is 29.8 Å². The summed E-state index contributed by atoms with van der Waals surface area (Å²) >= 11 is 0. The highest BCUT2D eigenvalue weighted by molar-refractivity contribution is 5.90. The summed E-state index contributed by atoms with van der Waals surface area (Å²) in [6, 6.07) is 4.62. The Balaban J connectivity index is 1.90. The van der Waals surface area contributed by atoms with Crippen molar-refractivity contribution >= 4 is 18.0 Å². The van der Waals surface area contributed by atoms with E-state index in [9.17, 15) is 18.4 Å². The molecule has 0 saturated heterocycles. The summed E-state index contributed by atoms with van der Waals surface area (Å²) in [7, 11) is 1.32. The number of carbonyl (C=O) groups is 2. The van der Waals surface area contributed by atoms with Crippen LogP contribution in [0.2, 0.25) is 0 Å². The van der Waals surface area contributed by atoms with Crippen LogP contribution in [-0.4, -0.2) is 38.2 Å². The fourth-order valence-corrected chi connectivity index (χ4v) is 3.16. The molecule has 154 valence electrons. The summed E-state index contributed by atoms with van der Waals surface area (Å²) in [5.74, 6) is -0.805. The minimum Gasteiger partial charge on any atom is -0.493 e. The van der Waals surface area contributed by atoms with E-state index in [1.165, 1.54) is 25.3 Å². The van der Waals surface area contributed by atoms with E-state index in [0.717, 1.165) is 31.8 Å². The Hall–Kier alpha value is -2.64. The second-order valence-corrected chi connectivity index (χ2v) is 6.63. The molecule has 0 unspecified atom stereocenters. The Morgan fingerprint density at radius 2 is 2.04 bits per heavy atom. The Kier molecular flexibility index (Phi) is 8.22. The molecule has 0 bridgehead atoms. The third kappa shape index (κ3) is 6.51. The van der Waals surface area contributed by atoms with Crippen LogP contribution in [0.1, 0.15) is 38.2 Å².